The van der Waals surface area contributed by atoms with Gasteiger partial charge in [0.25, 0.3) is 0 Å². The largest absolute Gasteiger partial charge is 0.496 e. The SMILES string of the molecule is CCNC(=NCc1c(OC)cc(OC)cc1OC)NCCc1c[nH]c2cc(F)ccc12. The summed E-state index contributed by atoms with van der Waals surface area (Å²) in [5.41, 5.74) is 2.76. The summed E-state index contributed by atoms with van der Waals surface area (Å²) >= 11 is 0. The van der Waals surface area contributed by atoms with Gasteiger partial charge >= 0.3 is 0 Å². The van der Waals surface area contributed by atoms with E-state index in [0.29, 0.717) is 36.3 Å². The molecule has 0 aliphatic rings. The van der Waals surface area contributed by atoms with Crippen LogP contribution >= 0.6 is 0 Å². The molecule has 3 N–H and O–H groups in total. The maximum atomic E-state index is 13.4. The van der Waals surface area contributed by atoms with E-state index in [-0.39, 0.29) is 5.82 Å². The van der Waals surface area contributed by atoms with Gasteiger partial charge in [0, 0.05) is 42.3 Å². The molecular weight excluding hydrogens is 399 g/mol. The quantitative estimate of drug-likeness (QED) is 0.358. The van der Waals surface area contributed by atoms with E-state index in [2.05, 4.69) is 20.6 Å². The standard InChI is InChI=1S/C23H29FN4O3/c1-5-25-23(26-9-8-15-13-27-20-10-16(24)6-7-18(15)20)28-14-19-21(30-3)11-17(29-2)12-22(19)31-4/h6-7,10-13,27H,5,8-9,14H2,1-4H3,(H2,25,26,28). The highest BCUT2D eigenvalue weighted by atomic mass is 19.1. The lowest BCUT2D eigenvalue weighted by molar-refractivity contribution is 0.369. The van der Waals surface area contributed by atoms with Gasteiger partial charge in [-0.2, -0.15) is 0 Å². The van der Waals surface area contributed by atoms with Gasteiger partial charge in [-0.25, -0.2) is 9.38 Å². The van der Waals surface area contributed by atoms with Crippen molar-refractivity contribution in [2.75, 3.05) is 34.4 Å². The molecule has 0 unspecified atom stereocenters. The van der Waals surface area contributed by atoms with Gasteiger partial charge in [-0.15, -0.1) is 0 Å². The average Bonchev–Trinajstić information content (AvgIpc) is 3.18. The first kappa shape index (κ1) is 22.3. The van der Waals surface area contributed by atoms with Crippen molar-refractivity contribution >= 4 is 16.9 Å². The maximum Gasteiger partial charge on any atom is 0.191 e. The summed E-state index contributed by atoms with van der Waals surface area (Å²) in [5.74, 6) is 2.41. The molecule has 0 atom stereocenters. The molecular formula is C23H29FN4O3. The molecule has 7 nitrogen and oxygen atoms in total. The van der Waals surface area contributed by atoms with Crippen molar-refractivity contribution in [3.8, 4) is 17.2 Å². The van der Waals surface area contributed by atoms with Crippen LogP contribution in [0.15, 0.2) is 41.5 Å². The Morgan fingerprint density at radius 2 is 1.77 bits per heavy atom. The predicted molar refractivity (Wildman–Crippen MR) is 121 cm³/mol. The number of guanidine groups is 1. The van der Waals surface area contributed by atoms with Gasteiger partial charge in [-0.3, -0.25) is 0 Å². The number of benzene rings is 2. The molecule has 1 aromatic heterocycles. The van der Waals surface area contributed by atoms with Crippen LogP contribution in [0, 0.1) is 5.82 Å². The maximum absolute atomic E-state index is 13.4. The molecule has 166 valence electrons. The summed E-state index contributed by atoms with van der Waals surface area (Å²) in [6.45, 7) is 3.79. The molecule has 0 saturated carbocycles. The van der Waals surface area contributed by atoms with Crippen molar-refractivity contribution < 1.29 is 18.6 Å². The number of aliphatic imine (C=N–C) groups is 1. The van der Waals surface area contributed by atoms with E-state index in [1.807, 2.05) is 25.3 Å². The highest BCUT2D eigenvalue weighted by Crippen LogP contribution is 2.34. The van der Waals surface area contributed by atoms with Gasteiger partial charge in [-0.1, -0.05) is 0 Å². The number of aromatic amines is 1. The van der Waals surface area contributed by atoms with E-state index < -0.39 is 0 Å². The van der Waals surface area contributed by atoms with Gasteiger partial charge in [0.2, 0.25) is 0 Å². The second-order valence-corrected chi connectivity index (χ2v) is 6.89. The van der Waals surface area contributed by atoms with Crippen LogP contribution in [-0.4, -0.2) is 45.4 Å². The van der Waals surface area contributed by atoms with Crippen LogP contribution in [-0.2, 0) is 13.0 Å². The van der Waals surface area contributed by atoms with E-state index >= 15 is 0 Å². The molecule has 0 bridgehead atoms. The zero-order chi connectivity index (χ0) is 22.2. The molecule has 1 heterocycles. The van der Waals surface area contributed by atoms with Crippen LogP contribution < -0.4 is 24.8 Å². The lowest BCUT2D eigenvalue weighted by Gasteiger charge is -2.15. The summed E-state index contributed by atoms with van der Waals surface area (Å²) < 4.78 is 29.7. The molecule has 0 fully saturated rings. The van der Waals surface area contributed by atoms with E-state index in [4.69, 9.17) is 14.2 Å². The van der Waals surface area contributed by atoms with Gasteiger partial charge in [-0.05, 0) is 37.1 Å². The summed E-state index contributed by atoms with van der Waals surface area (Å²) in [7, 11) is 4.82. The molecule has 0 saturated heterocycles. The Bertz CT molecular complexity index is 1020. The molecule has 3 aromatic rings. The van der Waals surface area contributed by atoms with Crippen molar-refractivity contribution in [1.82, 2.24) is 15.6 Å². The van der Waals surface area contributed by atoms with Gasteiger partial charge in [0.05, 0.1) is 33.4 Å². The monoisotopic (exact) mass is 428 g/mol. The molecule has 31 heavy (non-hydrogen) atoms. The number of nitrogens with one attached hydrogen (secondary N) is 3. The number of halogens is 1. The van der Waals surface area contributed by atoms with Crippen LogP contribution in [0.4, 0.5) is 4.39 Å². The van der Waals surface area contributed by atoms with Crippen molar-refractivity contribution in [3.05, 3.63) is 53.5 Å². The Morgan fingerprint density at radius 3 is 2.42 bits per heavy atom. The van der Waals surface area contributed by atoms with Gasteiger partial charge in [0.15, 0.2) is 5.96 Å². The van der Waals surface area contributed by atoms with Crippen LogP contribution in [0.25, 0.3) is 10.9 Å². The van der Waals surface area contributed by atoms with Crippen molar-refractivity contribution in [2.24, 2.45) is 4.99 Å². The summed E-state index contributed by atoms with van der Waals surface area (Å²) in [6.07, 6.45) is 2.69. The van der Waals surface area contributed by atoms with Gasteiger partial charge < -0.3 is 29.8 Å². The van der Waals surface area contributed by atoms with Crippen LogP contribution in [0.3, 0.4) is 0 Å². The minimum atomic E-state index is -0.245. The zero-order valence-electron chi connectivity index (χ0n) is 18.3. The number of aromatic nitrogens is 1. The number of hydrogen-bond acceptors (Lipinski definition) is 4. The Hall–Kier alpha value is -3.42. The summed E-state index contributed by atoms with van der Waals surface area (Å²) in [4.78, 5) is 7.81. The smallest absolute Gasteiger partial charge is 0.191 e. The number of methoxy groups -OCH3 is 3. The zero-order valence-corrected chi connectivity index (χ0v) is 18.3. The Balaban J connectivity index is 1.70. The summed E-state index contributed by atoms with van der Waals surface area (Å²) in [6, 6.07) is 8.42. The normalized spacial score (nSPS) is 11.5. The molecule has 0 aliphatic heterocycles. The Kier molecular flexibility index (Phi) is 7.59. The summed E-state index contributed by atoms with van der Waals surface area (Å²) in [5, 5.41) is 7.62. The fourth-order valence-corrected chi connectivity index (χ4v) is 3.41. The van der Waals surface area contributed by atoms with Crippen molar-refractivity contribution in [1.29, 1.82) is 0 Å². The minimum absolute atomic E-state index is 0.245. The number of fused-ring (bicyclic) bond motifs is 1. The van der Waals surface area contributed by atoms with Crippen LogP contribution in [0.2, 0.25) is 0 Å². The van der Waals surface area contributed by atoms with Crippen molar-refractivity contribution in [3.63, 3.8) is 0 Å². The number of nitrogens with zero attached hydrogens (tertiary/aromatic N) is 1. The number of rotatable bonds is 9. The number of H-pyrrole nitrogens is 1. The van der Waals surface area contributed by atoms with E-state index in [9.17, 15) is 4.39 Å². The fourth-order valence-electron chi connectivity index (χ4n) is 3.41. The van der Waals surface area contributed by atoms with Crippen LogP contribution in [0.1, 0.15) is 18.1 Å². The van der Waals surface area contributed by atoms with E-state index in [1.165, 1.54) is 12.1 Å². The van der Waals surface area contributed by atoms with E-state index in [0.717, 1.165) is 35.0 Å². The molecule has 3 rings (SSSR count). The highest BCUT2D eigenvalue weighted by Gasteiger charge is 2.13. The predicted octanol–water partition coefficient (Wildman–Crippen LogP) is 3.63. The first-order valence-electron chi connectivity index (χ1n) is 10.2. The Labute approximate surface area is 181 Å². The number of hydrogen-bond donors (Lipinski definition) is 3. The first-order chi connectivity index (χ1) is 15.1. The Morgan fingerprint density at radius 1 is 1.03 bits per heavy atom. The second-order valence-electron chi connectivity index (χ2n) is 6.89. The van der Waals surface area contributed by atoms with Gasteiger partial charge in [0.1, 0.15) is 23.1 Å². The number of ether oxygens (including phenoxy) is 3. The first-order valence-corrected chi connectivity index (χ1v) is 10.2. The third kappa shape index (κ3) is 5.39. The molecule has 0 aliphatic carbocycles. The molecule has 8 heteroatoms. The lowest BCUT2D eigenvalue weighted by Crippen LogP contribution is -2.38. The molecule has 0 radical (unpaired) electrons. The topological polar surface area (TPSA) is 79.9 Å². The average molecular weight is 429 g/mol. The van der Waals surface area contributed by atoms with Crippen molar-refractivity contribution in [2.45, 2.75) is 19.9 Å². The second kappa shape index (κ2) is 10.6. The minimum Gasteiger partial charge on any atom is -0.496 e. The lowest BCUT2D eigenvalue weighted by atomic mass is 10.1. The molecule has 0 amide bonds. The fraction of sp³-hybridized carbons (Fsp3) is 0.348. The molecule has 2 aromatic carbocycles. The third-order valence-electron chi connectivity index (χ3n) is 4.97. The van der Waals surface area contributed by atoms with E-state index in [1.54, 1.807) is 27.4 Å². The molecule has 0 spiro atoms. The third-order valence-corrected chi connectivity index (χ3v) is 4.97. The highest BCUT2D eigenvalue weighted by molar-refractivity contribution is 5.83. The van der Waals surface area contributed by atoms with Crippen LogP contribution in [0.5, 0.6) is 17.2 Å².